The number of amidine groups is 1. The van der Waals surface area contributed by atoms with Crippen LogP contribution in [0.25, 0.3) is 0 Å². The average Bonchev–Trinajstić information content (AvgIpc) is 3.06. The molecule has 0 saturated carbocycles. The van der Waals surface area contributed by atoms with Gasteiger partial charge in [-0.15, -0.1) is 0 Å². The summed E-state index contributed by atoms with van der Waals surface area (Å²) in [7, 11) is -3.08. The Balaban J connectivity index is 1.62. The lowest BCUT2D eigenvalue weighted by Gasteiger charge is -2.26. The highest BCUT2D eigenvalue weighted by molar-refractivity contribution is 8.13. The molecule has 2 aliphatic rings. The van der Waals surface area contributed by atoms with Crippen molar-refractivity contribution >= 4 is 32.5 Å². The summed E-state index contributed by atoms with van der Waals surface area (Å²) in [5.74, 6) is 0.622. The van der Waals surface area contributed by atoms with Crippen LogP contribution in [0, 0.1) is 5.82 Å². The van der Waals surface area contributed by atoms with Crippen molar-refractivity contribution in [3.63, 3.8) is 0 Å². The molecule has 2 aromatic rings. The molecule has 0 N–H and O–H groups in total. The molecule has 0 radical (unpaired) electrons. The molecule has 0 amide bonds. The molecule has 2 atom stereocenters. The zero-order valence-corrected chi connectivity index (χ0v) is 15.0. The van der Waals surface area contributed by atoms with Gasteiger partial charge in [0.2, 0.25) is 0 Å². The van der Waals surface area contributed by atoms with Gasteiger partial charge in [0.1, 0.15) is 5.82 Å². The van der Waals surface area contributed by atoms with Gasteiger partial charge in [-0.2, -0.15) is 0 Å². The molecule has 7 heteroatoms. The number of anilines is 1. The van der Waals surface area contributed by atoms with Gasteiger partial charge in [0, 0.05) is 11.4 Å². The highest BCUT2D eigenvalue weighted by Gasteiger charge is 2.47. The molecule has 1 saturated heterocycles. The van der Waals surface area contributed by atoms with Crippen LogP contribution < -0.4 is 4.90 Å². The maximum absolute atomic E-state index is 13.3. The molecule has 2 aromatic carbocycles. The van der Waals surface area contributed by atoms with Crippen molar-refractivity contribution in [2.24, 2.45) is 4.99 Å². The number of benzene rings is 2. The fourth-order valence-corrected chi connectivity index (χ4v) is 6.18. The molecular weight excluding hydrogens is 359 g/mol. The van der Waals surface area contributed by atoms with Crippen molar-refractivity contribution < 1.29 is 12.8 Å². The van der Waals surface area contributed by atoms with Gasteiger partial charge in [0.05, 0.1) is 23.6 Å². The van der Waals surface area contributed by atoms with E-state index in [4.69, 9.17) is 0 Å². The summed E-state index contributed by atoms with van der Waals surface area (Å²) in [6.07, 6.45) is 0. The van der Waals surface area contributed by atoms with Gasteiger partial charge in [0.15, 0.2) is 15.0 Å². The van der Waals surface area contributed by atoms with Crippen LogP contribution >= 0.6 is 11.8 Å². The number of rotatable bonds is 3. The SMILES string of the molecule is O=S1(=O)C[C@@H]2N=C(SCc3ccccc3)N(c3ccc(F)cc3)[C@H]2C1. The molecule has 0 bridgehead atoms. The van der Waals surface area contributed by atoms with E-state index in [1.807, 2.05) is 23.1 Å². The predicted molar refractivity (Wildman–Crippen MR) is 100 cm³/mol. The van der Waals surface area contributed by atoms with E-state index in [0.717, 1.165) is 16.6 Å². The highest BCUT2D eigenvalue weighted by atomic mass is 32.2. The van der Waals surface area contributed by atoms with E-state index in [1.54, 1.807) is 23.9 Å². The van der Waals surface area contributed by atoms with Crippen LogP contribution in [0.3, 0.4) is 0 Å². The van der Waals surface area contributed by atoms with Crippen molar-refractivity contribution in [3.05, 3.63) is 66.0 Å². The third kappa shape index (κ3) is 3.43. The lowest BCUT2D eigenvalue weighted by atomic mass is 10.1. The Labute approximate surface area is 150 Å². The third-order valence-electron chi connectivity index (χ3n) is 4.42. The Kier molecular flexibility index (Phi) is 4.29. The molecule has 0 aromatic heterocycles. The lowest BCUT2D eigenvalue weighted by Crippen LogP contribution is -2.39. The smallest absolute Gasteiger partial charge is 0.164 e. The molecular formula is C18H17FN2O2S2. The molecule has 4 nitrogen and oxygen atoms in total. The Morgan fingerprint density at radius 1 is 1.08 bits per heavy atom. The number of halogens is 1. The summed E-state index contributed by atoms with van der Waals surface area (Å²) in [5.41, 5.74) is 1.96. The van der Waals surface area contributed by atoms with Crippen LogP contribution in [0.15, 0.2) is 59.6 Å². The second-order valence-corrected chi connectivity index (χ2v) is 9.34. The van der Waals surface area contributed by atoms with Crippen LogP contribution in [0.2, 0.25) is 0 Å². The van der Waals surface area contributed by atoms with Crippen LogP contribution in [0.4, 0.5) is 10.1 Å². The predicted octanol–water partition coefficient (Wildman–Crippen LogP) is 3.10. The minimum Gasteiger partial charge on any atom is -0.315 e. The molecule has 1 fully saturated rings. The molecule has 0 spiro atoms. The quantitative estimate of drug-likeness (QED) is 0.826. The van der Waals surface area contributed by atoms with Crippen LogP contribution in [0.5, 0.6) is 0 Å². The van der Waals surface area contributed by atoms with Crippen molar-refractivity contribution in [1.29, 1.82) is 0 Å². The van der Waals surface area contributed by atoms with Gasteiger partial charge in [-0.25, -0.2) is 12.8 Å². The fourth-order valence-electron chi connectivity index (χ4n) is 3.26. The topological polar surface area (TPSA) is 49.7 Å². The number of aliphatic imine (C=N–C) groups is 1. The number of sulfone groups is 1. The largest absolute Gasteiger partial charge is 0.315 e. The first-order chi connectivity index (χ1) is 12.0. The molecule has 4 rings (SSSR count). The summed E-state index contributed by atoms with van der Waals surface area (Å²) in [6.45, 7) is 0. The lowest BCUT2D eigenvalue weighted by molar-refractivity contribution is 0.601. The first kappa shape index (κ1) is 16.6. The van der Waals surface area contributed by atoms with Gasteiger partial charge in [-0.1, -0.05) is 42.1 Å². The number of hydrogen-bond donors (Lipinski definition) is 0. The second-order valence-electron chi connectivity index (χ2n) is 6.24. The van der Waals surface area contributed by atoms with Gasteiger partial charge < -0.3 is 4.90 Å². The molecule has 130 valence electrons. The first-order valence-corrected chi connectivity index (χ1v) is 10.8. The molecule has 2 heterocycles. The summed E-state index contributed by atoms with van der Waals surface area (Å²) >= 11 is 1.59. The van der Waals surface area contributed by atoms with Gasteiger partial charge in [-0.05, 0) is 29.8 Å². The Morgan fingerprint density at radius 3 is 2.52 bits per heavy atom. The Bertz CT molecular complexity index is 898. The summed E-state index contributed by atoms with van der Waals surface area (Å²) in [6, 6.07) is 15.8. The number of thioether (sulfide) groups is 1. The molecule has 0 unspecified atom stereocenters. The van der Waals surface area contributed by atoms with E-state index in [-0.39, 0.29) is 29.4 Å². The minimum absolute atomic E-state index is 0.0881. The van der Waals surface area contributed by atoms with E-state index in [2.05, 4.69) is 17.1 Å². The monoisotopic (exact) mass is 376 g/mol. The van der Waals surface area contributed by atoms with Crippen molar-refractivity contribution in [1.82, 2.24) is 0 Å². The van der Waals surface area contributed by atoms with E-state index in [9.17, 15) is 12.8 Å². The maximum Gasteiger partial charge on any atom is 0.164 e. The van der Waals surface area contributed by atoms with Crippen molar-refractivity contribution in [2.45, 2.75) is 17.8 Å². The molecule has 0 aliphatic carbocycles. The zero-order chi connectivity index (χ0) is 17.4. The maximum atomic E-state index is 13.3. The van der Waals surface area contributed by atoms with Crippen molar-refractivity contribution in [2.75, 3.05) is 16.4 Å². The molecule has 2 aliphatic heterocycles. The zero-order valence-electron chi connectivity index (χ0n) is 13.4. The number of hydrogen-bond acceptors (Lipinski definition) is 5. The summed E-state index contributed by atoms with van der Waals surface area (Å²) < 4.78 is 37.3. The fraction of sp³-hybridized carbons (Fsp3) is 0.278. The number of fused-ring (bicyclic) bond motifs is 1. The molecule has 25 heavy (non-hydrogen) atoms. The Hall–Kier alpha value is -1.86. The summed E-state index contributed by atoms with van der Waals surface area (Å²) in [5, 5.41) is 0.806. The normalized spacial score (nSPS) is 24.2. The number of nitrogens with zero attached hydrogens (tertiary/aromatic N) is 2. The van der Waals surface area contributed by atoms with Crippen molar-refractivity contribution in [3.8, 4) is 0 Å². The average molecular weight is 376 g/mol. The van der Waals surface area contributed by atoms with Crippen LogP contribution in [-0.4, -0.2) is 37.2 Å². The van der Waals surface area contributed by atoms with Crippen LogP contribution in [-0.2, 0) is 15.6 Å². The van der Waals surface area contributed by atoms with Gasteiger partial charge in [-0.3, -0.25) is 4.99 Å². The van der Waals surface area contributed by atoms with E-state index in [0.29, 0.717) is 0 Å². The highest BCUT2D eigenvalue weighted by Crippen LogP contribution is 2.35. The van der Waals surface area contributed by atoms with E-state index < -0.39 is 9.84 Å². The van der Waals surface area contributed by atoms with Crippen LogP contribution in [0.1, 0.15) is 5.56 Å². The minimum atomic E-state index is -3.08. The standard InChI is InChI=1S/C18H17FN2O2S2/c19-14-6-8-15(9-7-14)21-17-12-25(22,23)11-16(17)20-18(21)24-10-13-4-2-1-3-5-13/h1-9,16-17H,10-12H2/t16-,17-/m0/s1. The second kappa shape index (κ2) is 6.46. The van der Waals surface area contributed by atoms with Gasteiger partial charge in [0.25, 0.3) is 0 Å². The van der Waals surface area contributed by atoms with E-state index >= 15 is 0 Å². The third-order valence-corrected chi connectivity index (χ3v) is 7.16. The van der Waals surface area contributed by atoms with E-state index in [1.165, 1.54) is 17.7 Å². The van der Waals surface area contributed by atoms with Gasteiger partial charge >= 0.3 is 0 Å². The Morgan fingerprint density at radius 2 is 1.80 bits per heavy atom. The summed E-state index contributed by atoms with van der Waals surface area (Å²) in [4.78, 5) is 6.63. The first-order valence-electron chi connectivity index (χ1n) is 8.02.